The van der Waals surface area contributed by atoms with Crippen LogP contribution < -0.4 is 4.90 Å². The predicted molar refractivity (Wildman–Crippen MR) is 149 cm³/mol. The summed E-state index contributed by atoms with van der Waals surface area (Å²) >= 11 is 15.4. The van der Waals surface area contributed by atoms with Gasteiger partial charge >= 0.3 is 12.1 Å². The first-order chi connectivity index (χ1) is 17.0. The van der Waals surface area contributed by atoms with Crippen molar-refractivity contribution in [1.82, 2.24) is 4.98 Å². The first-order valence-corrected chi connectivity index (χ1v) is 14.3. The van der Waals surface area contributed by atoms with Crippen molar-refractivity contribution in [2.75, 3.05) is 24.8 Å². The Kier molecular flexibility index (Phi) is 9.92. The molecule has 36 heavy (non-hydrogen) atoms. The number of benzene rings is 1. The van der Waals surface area contributed by atoms with Crippen LogP contribution in [0.5, 0.6) is 0 Å². The second kappa shape index (κ2) is 12.5. The summed E-state index contributed by atoms with van der Waals surface area (Å²) in [5.41, 5.74) is 1.80. The molecule has 0 N–H and O–H groups in total. The second-order valence-electron chi connectivity index (χ2n) is 9.23. The van der Waals surface area contributed by atoms with Gasteiger partial charge in [0.15, 0.2) is 5.13 Å². The molecule has 0 radical (unpaired) electrons. The average Bonchev–Trinajstić information content (AvgIpc) is 3.26. The third kappa shape index (κ3) is 7.51. The van der Waals surface area contributed by atoms with Gasteiger partial charge in [0.2, 0.25) is 0 Å². The molecule has 6 nitrogen and oxygen atoms in total. The maximum absolute atomic E-state index is 13.4. The summed E-state index contributed by atoms with van der Waals surface area (Å²) in [6.45, 7) is 5.45. The minimum Gasteiger partial charge on any atom is -0.469 e. The predicted octanol–water partition coefficient (Wildman–Crippen LogP) is 7.16. The number of rotatable bonds is 8. The number of amides is 1. The van der Waals surface area contributed by atoms with Gasteiger partial charge in [0.25, 0.3) is 0 Å². The van der Waals surface area contributed by atoms with Crippen molar-refractivity contribution in [3.63, 3.8) is 0 Å². The number of allylic oxidation sites excluding steroid dienone is 4. The lowest BCUT2D eigenvalue weighted by atomic mass is 9.99. The Morgan fingerprint density at radius 3 is 2.56 bits per heavy atom. The Morgan fingerprint density at radius 2 is 1.97 bits per heavy atom. The molecule has 10 heteroatoms. The fourth-order valence-electron chi connectivity index (χ4n) is 3.59. The fourth-order valence-corrected chi connectivity index (χ4v) is 5.69. The normalized spacial score (nSPS) is 16.6. The molecule has 194 valence electrons. The Bertz CT molecular complexity index is 1140. The number of nitrogens with zero attached hydrogens (tertiary/aromatic N) is 2. The molecule has 1 aromatic carbocycles. The number of hydrogen-bond donors (Lipinski definition) is 0. The van der Waals surface area contributed by atoms with Crippen LogP contribution in [0.25, 0.3) is 5.57 Å². The van der Waals surface area contributed by atoms with Gasteiger partial charge in [-0.3, -0.25) is 9.69 Å². The zero-order valence-electron chi connectivity index (χ0n) is 20.9. The highest BCUT2D eigenvalue weighted by atomic mass is 35.5. The highest BCUT2D eigenvalue weighted by Gasteiger charge is 2.32. The average molecular weight is 570 g/mol. The van der Waals surface area contributed by atoms with Gasteiger partial charge in [-0.05, 0) is 57.1 Å². The van der Waals surface area contributed by atoms with Crippen LogP contribution in [0, 0.1) is 5.92 Å². The monoisotopic (exact) mass is 568 g/mol. The zero-order valence-corrected chi connectivity index (χ0v) is 24.1. The van der Waals surface area contributed by atoms with Crippen LogP contribution in [0.4, 0.5) is 9.93 Å². The second-order valence-corrected chi connectivity index (χ2v) is 12.2. The molecule has 1 aromatic heterocycles. The highest BCUT2D eigenvalue weighted by Crippen LogP contribution is 2.40. The van der Waals surface area contributed by atoms with Gasteiger partial charge in [-0.2, -0.15) is 0 Å². The van der Waals surface area contributed by atoms with Gasteiger partial charge in [0.1, 0.15) is 5.60 Å². The number of anilines is 1. The third-order valence-corrected chi connectivity index (χ3v) is 8.37. The van der Waals surface area contributed by atoms with Crippen LogP contribution in [0.15, 0.2) is 51.7 Å². The van der Waals surface area contributed by atoms with E-state index >= 15 is 0 Å². The molecule has 2 atom stereocenters. The molecule has 1 aliphatic carbocycles. The highest BCUT2D eigenvalue weighted by molar-refractivity contribution is 8.00. The number of ether oxygens (including phenoxy) is 2. The quantitative estimate of drug-likeness (QED) is 0.191. The maximum atomic E-state index is 13.4. The van der Waals surface area contributed by atoms with E-state index in [1.54, 1.807) is 20.8 Å². The van der Waals surface area contributed by atoms with Crippen LogP contribution in [0.1, 0.15) is 38.4 Å². The summed E-state index contributed by atoms with van der Waals surface area (Å²) in [5.74, 6) is -1.03. The van der Waals surface area contributed by atoms with Crippen molar-refractivity contribution in [1.29, 1.82) is 0 Å². The molecule has 3 rings (SSSR count). The first kappa shape index (κ1) is 28.6. The molecule has 2 unspecified atom stereocenters. The molecule has 0 aliphatic heterocycles. The molecule has 0 fully saturated rings. The summed E-state index contributed by atoms with van der Waals surface area (Å²) in [6, 6.07) is 9.62. The van der Waals surface area contributed by atoms with Gasteiger partial charge in [-0.15, -0.1) is 23.4 Å². The largest absolute Gasteiger partial charge is 0.469 e. The number of alkyl halides is 1. The summed E-state index contributed by atoms with van der Waals surface area (Å²) in [4.78, 5) is 32.4. The Hall–Kier alpha value is -2.00. The summed E-state index contributed by atoms with van der Waals surface area (Å²) < 4.78 is 11.7. The van der Waals surface area contributed by atoms with Crippen molar-refractivity contribution in [3.8, 4) is 0 Å². The molecule has 1 heterocycles. The Balaban J connectivity index is 2.00. The van der Waals surface area contributed by atoms with Crippen LogP contribution in [-0.2, 0) is 20.7 Å². The smallest absolute Gasteiger partial charge is 0.416 e. The summed E-state index contributed by atoms with van der Waals surface area (Å²) in [7, 11) is 1.35. The maximum Gasteiger partial charge on any atom is 0.416 e. The third-order valence-electron chi connectivity index (χ3n) is 5.29. The number of halogens is 2. The minimum absolute atomic E-state index is 0.0522. The lowest BCUT2D eigenvalue weighted by Crippen LogP contribution is -2.42. The van der Waals surface area contributed by atoms with E-state index in [2.05, 4.69) is 0 Å². The Labute approximate surface area is 230 Å². The van der Waals surface area contributed by atoms with Gasteiger partial charge in [-0.1, -0.05) is 59.3 Å². The minimum atomic E-state index is -0.727. The van der Waals surface area contributed by atoms with E-state index < -0.39 is 23.6 Å². The number of carbonyl (C=O) groups is 2. The molecule has 0 saturated carbocycles. The summed E-state index contributed by atoms with van der Waals surface area (Å²) in [6.07, 6.45) is 6.16. The zero-order chi connectivity index (χ0) is 26.5. The number of hydrogen-bond acceptors (Lipinski definition) is 7. The Morgan fingerprint density at radius 1 is 1.28 bits per heavy atom. The number of thioether (sulfide) groups is 1. The van der Waals surface area contributed by atoms with Crippen LogP contribution in [0.2, 0.25) is 0 Å². The van der Waals surface area contributed by atoms with Gasteiger partial charge in [0, 0.05) is 11.6 Å². The lowest BCUT2D eigenvalue weighted by molar-refractivity contribution is -0.145. The van der Waals surface area contributed by atoms with Crippen LogP contribution in [-0.4, -0.2) is 47.9 Å². The fraction of sp³-hybridized carbons (Fsp3) is 0.423. The SMILES string of the molecule is COC(=O)C(Cc1ccccc1)CN(C(=O)OC(C)(C)C)c1nc(C2=CCC(Cl)C(Cl)=C2)c(SC)s1. The van der Waals surface area contributed by atoms with Gasteiger partial charge < -0.3 is 9.47 Å². The molecule has 2 aromatic rings. The number of methoxy groups -OCH3 is 1. The van der Waals surface area contributed by atoms with Gasteiger partial charge in [-0.25, -0.2) is 9.78 Å². The lowest BCUT2D eigenvalue weighted by Gasteiger charge is -2.28. The molecular weight excluding hydrogens is 539 g/mol. The number of aromatic nitrogens is 1. The van der Waals surface area contributed by atoms with E-state index in [1.807, 2.05) is 48.7 Å². The van der Waals surface area contributed by atoms with E-state index in [0.717, 1.165) is 21.0 Å². The standard InChI is InChI=1S/C26H30Cl2N2O4S2/c1-26(2,3)34-25(32)30(15-18(22(31)33-4)13-16-9-7-6-8-10-16)24-29-21(23(35-5)36-24)17-11-12-19(27)20(28)14-17/h6-11,14,18-19H,12-13,15H2,1-5H3. The molecule has 1 aliphatic rings. The molecule has 0 bridgehead atoms. The summed E-state index contributed by atoms with van der Waals surface area (Å²) in [5, 5.41) is 0.723. The molecular formula is C26H30Cl2N2O4S2. The van der Waals surface area contributed by atoms with E-state index in [1.165, 1.54) is 35.1 Å². The van der Waals surface area contributed by atoms with E-state index in [9.17, 15) is 9.59 Å². The molecule has 1 amide bonds. The van der Waals surface area contributed by atoms with Crippen molar-refractivity contribution in [3.05, 3.63) is 58.8 Å². The van der Waals surface area contributed by atoms with Crippen molar-refractivity contribution < 1.29 is 19.1 Å². The van der Waals surface area contributed by atoms with E-state index in [-0.39, 0.29) is 11.9 Å². The van der Waals surface area contributed by atoms with Gasteiger partial charge in [0.05, 0.1) is 28.3 Å². The van der Waals surface area contributed by atoms with E-state index in [4.69, 9.17) is 37.7 Å². The van der Waals surface area contributed by atoms with Crippen molar-refractivity contribution in [2.45, 2.75) is 48.8 Å². The number of esters is 1. The van der Waals surface area contributed by atoms with Crippen LogP contribution in [0.3, 0.4) is 0 Å². The van der Waals surface area contributed by atoms with Crippen molar-refractivity contribution in [2.24, 2.45) is 5.92 Å². The van der Waals surface area contributed by atoms with E-state index in [0.29, 0.717) is 23.0 Å². The first-order valence-electron chi connectivity index (χ1n) is 11.4. The van der Waals surface area contributed by atoms with Crippen molar-refractivity contribution >= 4 is 69.1 Å². The number of thiazole rings is 1. The van der Waals surface area contributed by atoms with Crippen LogP contribution >= 0.6 is 46.3 Å². The number of carbonyl (C=O) groups excluding carboxylic acids is 2. The molecule has 0 saturated heterocycles. The topological polar surface area (TPSA) is 68.7 Å². The molecule has 0 spiro atoms.